The van der Waals surface area contributed by atoms with Crippen molar-refractivity contribution in [2.75, 3.05) is 19.5 Å². The third-order valence-corrected chi connectivity index (χ3v) is 3.30. The van der Waals surface area contributed by atoms with Crippen LogP contribution in [0.5, 0.6) is 11.5 Å². The van der Waals surface area contributed by atoms with E-state index in [0.29, 0.717) is 28.7 Å². The van der Waals surface area contributed by atoms with E-state index < -0.39 is 6.09 Å². The zero-order chi connectivity index (χ0) is 16.9. The highest BCUT2D eigenvalue weighted by Gasteiger charge is 2.10. The number of fused-ring (bicyclic) bond motifs is 1. The Morgan fingerprint density at radius 1 is 1.21 bits per heavy atom. The number of nitrogens with one attached hydrogen (secondary N) is 1. The molecular weight excluding hydrogens is 312 g/mol. The molecule has 0 aliphatic carbocycles. The minimum absolute atomic E-state index is 0.182. The van der Waals surface area contributed by atoms with Crippen LogP contribution in [-0.4, -0.2) is 25.3 Å². The molecule has 24 heavy (non-hydrogen) atoms. The number of anilines is 1. The second kappa shape index (κ2) is 6.91. The monoisotopic (exact) mass is 328 g/mol. The molecule has 0 saturated carbocycles. The predicted molar refractivity (Wildman–Crippen MR) is 87.4 cm³/mol. The Labute approximate surface area is 138 Å². The van der Waals surface area contributed by atoms with E-state index in [1.54, 1.807) is 18.2 Å². The summed E-state index contributed by atoms with van der Waals surface area (Å²) in [6.07, 6.45) is -0.576. The quantitative estimate of drug-likeness (QED) is 0.770. The van der Waals surface area contributed by atoms with Crippen molar-refractivity contribution in [2.45, 2.75) is 6.61 Å². The average Bonchev–Trinajstić information content (AvgIpc) is 3.03. The molecule has 2 aromatic carbocycles. The summed E-state index contributed by atoms with van der Waals surface area (Å²) in [7, 11) is 2.79. The van der Waals surface area contributed by atoms with Gasteiger partial charge in [-0.25, -0.2) is 9.78 Å². The molecule has 1 N–H and O–H groups in total. The van der Waals surface area contributed by atoms with Crippen LogP contribution >= 0.6 is 0 Å². The standard InChI is InChI=1S/C17H16N2O5/c1-21-15-9-11(7-8-13(15)19-17(20)22-2)23-10-16-18-12-5-3-4-6-14(12)24-16/h3-9H,10H2,1-2H3,(H,19,20). The Kier molecular flexibility index (Phi) is 4.51. The Hall–Kier alpha value is -3.22. The van der Waals surface area contributed by atoms with Gasteiger partial charge in [0.15, 0.2) is 12.2 Å². The number of hydrogen-bond donors (Lipinski definition) is 1. The molecule has 0 aliphatic rings. The van der Waals surface area contributed by atoms with Gasteiger partial charge in [-0.05, 0) is 24.3 Å². The maximum Gasteiger partial charge on any atom is 0.411 e. The maximum absolute atomic E-state index is 11.3. The minimum Gasteiger partial charge on any atom is -0.494 e. The molecule has 1 aromatic heterocycles. The SMILES string of the molecule is COC(=O)Nc1ccc(OCc2nc3ccccc3o2)cc1OC. The van der Waals surface area contributed by atoms with E-state index in [4.69, 9.17) is 13.9 Å². The molecule has 7 heteroatoms. The number of carbonyl (C=O) groups excluding carboxylic acids is 1. The summed E-state index contributed by atoms with van der Waals surface area (Å²) in [6, 6.07) is 12.5. The Morgan fingerprint density at radius 3 is 2.79 bits per heavy atom. The van der Waals surface area contributed by atoms with Crippen LogP contribution in [0.2, 0.25) is 0 Å². The fourth-order valence-corrected chi connectivity index (χ4v) is 2.15. The Morgan fingerprint density at radius 2 is 2.04 bits per heavy atom. The van der Waals surface area contributed by atoms with E-state index in [1.165, 1.54) is 14.2 Å². The van der Waals surface area contributed by atoms with Crippen molar-refractivity contribution in [3.05, 3.63) is 48.4 Å². The molecule has 3 aromatic rings. The summed E-state index contributed by atoms with van der Waals surface area (Å²) in [5, 5.41) is 2.56. The highest BCUT2D eigenvalue weighted by molar-refractivity contribution is 5.86. The highest BCUT2D eigenvalue weighted by Crippen LogP contribution is 2.29. The first-order valence-electron chi connectivity index (χ1n) is 7.20. The van der Waals surface area contributed by atoms with Crippen molar-refractivity contribution in [1.82, 2.24) is 4.98 Å². The summed E-state index contributed by atoms with van der Waals surface area (Å²) in [5.41, 5.74) is 1.98. The molecule has 3 rings (SSSR count). The van der Waals surface area contributed by atoms with Gasteiger partial charge in [0.25, 0.3) is 0 Å². The van der Waals surface area contributed by atoms with E-state index >= 15 is 0 Å². The zero-order valence-corrected chi connectivity index (χ0v) is 13.2. The highest BCUT2D eigenvalue weighted by atomic mass is 16.5. The number of carbonyl (C=O) groups is 1. The van der Waals surface area contributed by atoms with E-state index in [0.717, 1.165) is 5.52 Å². The molecular formula is C17H16N2O5. The molecule has 0 aliphatic heterocycles. The fraction of sp³-hybridized carbons (Fsp3) is 0.176. The van der Waals surface area contributed by atoms with Crippen molar-refractivity contribution in [1.29, 1.82) is 0 Å². The van der Waals surface area contributed by atoms with Gasteiger partial charge in [0.2, 0.25) is 5.89 Å². The van der Waals surface area contributed by atoms with Crippen molar-refractivity contribution < 1.29 is 23.4 Å². The smallest absolute Gasteiger partial charge is 0.411 e. The lowest BCUT2D eigenvalue weighted by Gasteiger charge is -2.11. The van der Waals surface area contributed by atoms with Crippen molar-refractivity contribution in [3.63, 3.8) is 0 Å². The maximum atomic E-state index is 11.3. The molecule has 1 heterocycles. The van der Waals surface area contributed by atoms with E-state index in [-0.39, 0.29) is 6.61 Å². The molecule has 0 saturated heterocycles. The van der Waals surface area contributed by atoms with Crippen LogP contribution in [0.4, 0.5) is 10.5 Å². The van der Waals surface area contributed by atoms with Gasteiger partial charge in [0, 0.05) is 6.07 Å². The number of oxazole rings is 1. The molecule has 7 nitrogen and oxygen atoms in total. The molecule has 0 unspecified atom stereocenters. The van der Waals surface area contributed by atoms with Gasteiger partial charge in [-0.1, -0.05) is 12.1 Å². The lowest BCUT2D eigenvalue weighted by Crippen LogP contribution is -2.11. The molecule has 0 fully saturated rings. The number of methoxy groups -OCH3 is 2. The van der Waals surface area contributed by atoms with Crippen LogP contribution in [0, 0.1) is 0 Å². The third-order valence-electron chi connectivity index (χ3n) is 3.30. The number of nitrogens with zero attached hydrogens (tertiary/aromatic N) is 1. The molecule has 0 bridgehead atoms. The third kappa shape index (κ3) is 3.40. The first-order valence-corrected chi connectivity index (χ1v) is 7.20. The number of aromatic nitrogens is 1. The molecule has 0 atom stereocenters. The van der Waals surface area contributed by atoms with Gasteiger partial charge in [-0.3, -0.25) is 5.32 Å². The van der Waals surface area contributed by atoms with Crippen LogP contribution in [-0.2, 0) is 11.3 Å². The zero-order valence-electron chi connectivity index (χ0n) is 13.2. The molecule has 0 radical (unpaired) electrons. The summed E-state index contributed by atoms with van der Waals surface area (Å²) < 4.78 is 21.1. The number of ether oxygens (including phenoxy) is 3. The van der Waals surface area contributed by atoms with Gasteiger partial charge in [-0.15, -0.1) is 0 Å². The van der Waals surface area contributed by atoms with Crippen molar-refractivity contribution in [2.24, 2.45) is 0 Å². The molecule has 124 valence electrons. The van der Waals surface area contributed by atoms with Gasteiger partial charge < -0.3 is 18.6 Å². The summed E-state index contributed by atoms with van der Waals surface area (Å²) in [4.78, 5) is 15.6. The van der Waals surface area contributed by atoms with E-state index in [1.807, 2.05) is 24.3 Å². The minimum atomic E-state index is -0.576. The lowest BCUT2D eigenvalue weighted by molar-refractivity contribution is 0.186. The normalized spacial score (nSPS) is 10.4. The fourth-order valence-electron chi connectivity index (χ4n) is 2.15. The second-order valence-electron chi connectivity index (χ2n) is 4.84. The number of amides is 1. The number of para-hydroxylation sites is 2. The van der Waals surface area contributed by atoms with Gasteiger partial charge in [-0.2, -0.15) is 0 Å². The first kappa shape index (κ1) is 15.7. The molecule has 1 amide bonds. The predicted octanol–water partition coefficient (Wildman–Crippen LogP) is 3.59. The van der Waals surface area contributed by atoms with Gasteiger partial charge in [0.1, 0.15) is 17.0 Å². The Balaban J connectivity index is 1.71. The number of hydrogen-bond acceptors (Lipinski definition) is 6. The van der Waals surface area contributed by atoms with E-state index in [9.17, 15) is 4.79 Å². The van der Waals surface area contributed by atoms with Crippen LogP contribution in [0.1, 0.15) is 5.89 Å². The first-order chi connectivity index (χ1) is 11.7. The number of rotatable bonds is 5. The van der Waals surface area contributed by atoms with Crippen molar-refractivity contribution >= 4 is 22.9 Å². The topological polar surface area (TPSA) is 82.8 Å². The lowest BCUT2D eigenvalue weighted by atomic mass is 10.2. The van der Waals surface area contributed by atoms with E-state index in [2.05, 4.69) is 15.0 Å². The van der Waals surface area contributed by atoms with Crippen molar-refractivity contribution in [3.8, 4) is 11.5 Å². The van der Waals surface area contributed by atoms with Gasteiger partial charge in [0.05, 0.1) is 19.9 Å². The summed E-state index contributed by atoms with van der Waals surface area (Å²) in [5.74, 6) is 1.49. The number of benzene rings is 2. The average molecular weight is 328 g/mol. The summed E-state index contributed by atoms with van der Waals surface area (Å²) in [6.45, 7) is 0.182. The molecule has 0 spiro atoms. The van der Waals surface area contributed by atoms with Crippen LogP contribution in [0.25, 0.3) is 11.1 Å². The second-order valence-corrected chi connectivity index (χ2v) is 4.84. The summed E-state index contributed by atoms with van der Waals surface area (Å²) >= 11 is 0. The van der Waals surface area contributed by atoms with Crippen LogP contribution in [0.15, 0.2) is 46.9 Å². The largest absolute Gasteiger partial charge is 0.494 e. The van der Waals surface area contributed by atoms with Gasteiger partial charge >= 0.3 is 6.09 Å². The Bertz CT molecular complexity index is 826. The van der Waals surface area contributed by atoms with Crippen LogP contribution < -0.4 is 14.8 Å². The van der Waals surface area contributed by atoms with Crippen LogP contribution in [0.3, 0.4) is 0 Å².